The van der Waals surface area contributed by atoms with E-state index in [2.05, 4.69) is 45.8 Å². The van der Waals surface area contributed by atoms with Crippen LogP contribution in [0.15, 0.2) is 29.5 Å². The molecule has 2 rings (SSSR count). The molecule has 0 aliphatic rings. The quantitative estimate of drug-likeness (QED) is 0.447. The van der Waals surface area contributed by atoms with E-state index in [4.69, 9.17) is 5.73 Å². The number of rotatable bonds is 8. The highest BCUT2D eigenvalue weighted by atomic mass is 15.1. The Morgan fingerprint density at radius 1 is 1.36 bits per heavy atom. The smallest absolute Gasteiger partial charge is 0.188 e. The van der Waals surface area contributed by atoms with Crippen LogP contribution in [0.1, 0.15) is 43.9 Å². The lowest BCUT2D eigenvalue weighted by Crippen LogP contribution is -2.33. The summed E-state index contributed by atoms with van der Waals surface area (Å²) in [4.78, 5) is 8.99. The maximum atomic E-state index is 5.87. The third kappa shape index (κ3) is 4.76. The van der Waals surface area contributed by atoms with Crippen LogP contribution in [-0.2, 0) is 6.42 Å². The molecule has 0 saturated heterocycles. The van der Waals surface area contributed by atoms with E-state index >= 15 is 0 Å². The highest BCUT2D eigenvalue weighted by molar-refractivity contribution is 5.77. The summed E-state index contributed by atoms with van der Waals surface area (Å²) in [6.45, 7) is 5.85. The molecule has 22 heavy (non-hydrogen) atoms. The number of imidazole rings is 1. The van der Waals surface area contributed by atoms with Crippen LogP contribution in [0.25, 0.3) is 5.65 Å². The fourth-order valence-corrected chi connectivity index (χ4v) is 2.44. The molecule has 0 spiro atoms. The van der Waals surface area contributed by atoms with E-state index in [1.54, 1.807) is 0 Å². The first-order valence-corrected chi connectivity index (χ1v) is 8.17. The lowest BCUT2D eigenvalue weighted by Gasteiger charge is -2.04. The number of hydrogen-bond acceptors (Lipinski definition) is 2. The molecule has 120 valence electrons. The summed E-state index contributed by atoms with van der Waals surface area (Å²) in [5, 5.41) is 3.16. The van der Waals surface area contributed by atoms with Crippen molar-refractivity contribution in [2.24, 2.45) is 10.7 Å². The number of guanidine groups is 1. The van der Waals surface area contributed by atoms with Gasteiger partial charge in [0, 0.05) is 31.9 Å². The number of nitrogens with two attached hydrogens (primary N) is 1. The van der Waals surface area contributed by atoms with Crippen molar-refractivity contribution >= 4 is 11.6 Å². The van der Waals surface area contributed by atoms with Crippen molar-refractivity contribution in [2.75, 3.05) is 13.1 Å². The van der Waals surface area contributed by atoms with Gasteiger partial charge in [0.25, 0.3) is 0 Å². The molecule has 0 aliphatic carbocycles. The number of aromatic nitrogens is 2. The van der Waals surface area contributed by atoms with Crippen molar-refractivity contribution in [3.05, 3.63) is 35.8 Å². The molecule has 2 aromatic rings. The third-order valence-corrected chi connectivity index (χ3v) is 3.71. The Morgan fingerprint density at radius 3 is 3.00 bits per heavy atom. The predicted molar refractivity (Wildman–Crippen MR) is 92.3 cm³/mol. The van der Waals surface area contributed by atoms with Crippen molar-refractivity contribution < 1.29 is 0 Å². The van der Waals surface area contributed by atoms with Crippen molar-refractivity contribution in [3.63, 3.8) is 0 Å². The number of fused-ring (bicyclic) bond motifs is 1. The molecule has 0 saturated carbocycles. The average molecular weight is 301 g/mol. The fourth-order valence-electron chi connectivity index (χ4n) is 2.44. The maximum absolute atomic E-state index is 5.87. The molecule has 0 bridgehead atoms. The van der Waals surface area contributed by atoms with Gasteiger partial charge >= 0.3 is 0 Å². The summed E-state index contributed by atoms with van der Waals surface area (Å²) >= 11 is 0. The zero-order valence-electron chi connectivity index (χ0n) is 13.7. The normalized spacial score (nSPS) is 12.0. The Morgan fingerprint density at radius 2 is 2.23 bits per heavy atom. The SMILES string of the molecule is CCCCCCN=C(N)NCCc1cn2cccc(C)c2n1. The number of unbranched alkanes of at least 4 members (excludes halogenated alkanes) is 3. The second kappa shape index (κ2) is 8.41. The Kier molecular flexibility index (Phi) is 6.25. The molecule has 0 aromatic carbocycles. The Hall–Kier alpha value is -2.04. The Balaban J connectivity index is 1.75. The summed E-state index contributed by atoms with van der Waals surface area (Å²) in [6, 6.07) is 4.11. The van der Waals surface area contributed by atoms with Crippen molar-refractivity contribution in [1.29, 1.82) is 0 Å². The highest BCUT2D eigenvalue weighted by Crippen LogP contribution is 2.09. The first kappa shape index (κ1) is 16.3. The van der Waals surface area contributed by atoms with Crippen molar-refractivity contribution in [1.82, 2.24) is 14.7 Å². The second-order valence-electron chi connectivity index (χ2n) is 5.66. The summed E-state index contributed by atoms with van der Waals surface area (Å²) < 4.78 is 2.07. The van der Waals surface area contributed by atoms with E-state index in [9.17, 15) is 0 Å². The minimum atomic E-state index is 0.538. The van der Waals surface area contributed by atoms with Crippen LogP contribution >= 0.6 is 0 Å². The molecule has 0 amide bonds. The second-order valence-corrected chi connectivity index (χ2v) is 5.66. The van der Waals surface area contributed by atoms with Gasteiger partial charge in [-0.3, -0.25) is 4.99 Å². The minimum Gasteiger partial charge on any atom is -0.370 e. The number of pyridine rings is 1. The largest absolute Gasteiger partial charge is 0.370 e. The van der Waals surface area contributed by atoms with Gasteiger partial charge in [0.2, 0.25) is 0 Å². The standard InChI is InChI=1S/C17H27N5/c1-3-4-5-6-10-19-17(18)20-11-9-15-13-22-12-7-8-14(2)16(22)21-15/h7-8,12-13H,3-6,9-11H2,1-2H3,(H3,18,19,20). The van der Waals surface area contributed by atoms with Gasteiger partial charge in [-0.15, -0.1) is 0 Å². The van der Waals surface area contributed by atoms with E-state index < -0.39 is 0 Å². The number of hydrogen-bond donors (Lipinski definition) is 2. The van der Waals surface area contributed by atoms with Crippen LogP contribution in [0.2, 0.25) is 0 Å². The van der Waals surface area contributed by atoms with E-state index in [0.717, 1.165) is 37.3 Å². The van der Waals surface area contributed by atoms with Gasteiger partial charge < -0.3 is 15.5 Å². The highest BCUT2D eigenvalue weighted by Gasteiger charge is 2.03. The fraction of sp³-hybridized carbons (Fsp3) is 0.529. The van der Waals surface area contributed by atoms with E-state index in [1.165, 1.54) is 24.8 Å². The molecule has 2 heterocycles. The monoisotopic (exact) mass is 301 g/mol. The van der Waals surface area contributed by atoms with Gasteiger partial charge in [-0.2, -0.15) is 0 Å². The number of aliphatic imine (C=N–C) groups is 1. The molecule has 0 unspecified atom stereocenters. The molecular formula is C17H27N5. The van der Waals surface area contributed by atoms with E-state index in [-0.39, 0.29) is 0 Å². The number of nitrogens with zero attached hydrogens (tertiary/aromatic N) is 3. The van der Waals surface area contributed by atoms with Gasteiger partial charge in [0.1, 0.15) is 5.65 Å². The molecule has 0 radical (unpaired) electrons. The van der Waals surface area contributed by atoms with Gasteiger partial charge in [-0.1, -0.05) is 32.3 Å². The van der Waals surface area contributed by atoms with Crippen LogP contribution < -0.4 is 11.1 Å². The van der Waals surface area contributed by atoms with E-state index in [0.29, 0.717) is 5.96 Å². The summed E-state index contributed by atoms with van der Waals surface area (Å²) in [5.41, 5.74) is 9.15. The van der Waals surface area contributed by atoms with Crippen molar-refractivity contribution in [2.45, 2.75) is 46.0 Å². The summed E-state index contributed by atoms with van der Waals surface area (Å²) in [5.74, 6) is 0.538. The topological polar surface area (TPSA) is 67.7 Å². The Bertz CT molecular complexity index is 615. The van der Waals surface area contributed by atoms with Gasteiger partial charge in [0.05, 0.1) is 5.69 Å². The zero-order valence-corrected chi connectivity index (χ0v) is 13.7. The van der Waals surface area contributed by atoms with Crippen LogP contribution in [0.3, 0.4) is 0 Å². The minimum absolute atomic E-state index is 0.538. The summed E-state index contributed by atoms with van der Waals surface area (Å²) in [7, 11) is 0. The van der Waals surface area contributed by atoms with E-state index in [1.807, 2.05) is 12.3 Å². The lowest BCUT2D eigenvalue weighted by atomic mass is 10.2. The third-order valence-electron chi connectivity index (χ3n) is 3.71. The predicted octanol–water partition coefficient (Wildman–Crippen LogP) is 2.67. The average Bonchev–Trinajstić information content (AvgIpc) is 2.91. The number of aryl methyl sites for hydroxylation is 1. The van der Waals surface area contributed by atoms with Gasteiger partial charge in [-0.25, -0.2) is 4.98 Å². The first-order valence-electron chi connectivity index (χ1n) is 8.17. The lowest BCUT2D eigenvalue weighted by molar-refractivity contribution is 0.673. The molecular weight excluding hydrogens is 274 g/mol. The Labute approximate surface area is 132 Å². The molecule has 3 N–H and O–H groups in total. The van der Waals surface area contributed by atoms with Crippen LogP contribution in [0, 0.1) is 6.92 Å². The molecule has 5 heteroatoms. The molecule has 0 aliphatic heterocycles. The summed E-state index contributed by atoms with van der Waals surface area (Å²) in [6.07, 6.45) is 9.80. The van der Waals surface area contributed by atoms with Crippen LogP contribution in [0.5, 0.6) is 0 Å². The van der Waals surface area contributed by atoms with Crippen LogP contribution in [-0.4, -0.2) is 28.4 Å². The maximum Gasteiger partial charge on any atom is 0.188 e. The van der Waals surface area contributed by atoms with Crippen molar-refractivity contribution in [3.8, 4) is 0 Å². The molecule has 0 atom stereocenters. The van der Waals surface area contributed by atoms with Gasteiger partial charge in [-0.05, 0) is 25.0 Å². The number of nitrogens with one attached hydrogen (secondary N) is 1. The van der Waals surface area contributed by atoms with Crippen LogP contribution in [0.4, 0.5) is 0 Å². The molecule has 2 aromatic heterocycles. The molecule has 0 fully saturated rings. The zero-order chi connectivity index (χ0) is 15.8. The first-order chi connectivity index (χ1) is 10.7. The van der Waals surface area contributed by atoms with Gasteiger partial charge in [0.15, 0.2) is 5.96 Å². The molecule has 5 nitrogen and oxygen atoms in total.